The number of carboxylic acids is 1. The minimum atomic E-state index is -0.751. The van der Waals surface area contributed by atoms with Crippen LogP contribution in [-0.4, -0.2) is 57.5 Å². The van der Waals surface area contributed by atoms with Gasteiger partial charge in [-0.15, -0.1) is 0 Å². The van der Waals surface area contributed by atoms with Crippen LogP contribution < -0.4 is 15.4 Å². The number of imidazole rings is 1. The second-order valence-corrected chi connectivity index (χ2v) is 8.85. The number of ether oxygens (including phenoxy) is 1. The van der Waals surface area contributed by atoms with E-state index < -0.39 is 12.1 Å². The van der Waals surface area contributed by atoms with Gasteiger partial charge in [0.1, 0.15) is 11.4 Å². The molecule has 9 nitrogen and oxygen atoms in total. The van der Waals surface area contributed by atoms with Crippen LogP contribution in [-0.2, 0) is 16.1 Å². The Bertz CT molecular complexity index is 1250. The first-order valence-corrected chi connectivity index (χ1v) is 11.1. The van der Waals surface area contributed by atoms with Gasteiger partial charge in [0.05, 0.1) is 23.0 Å². The van der Waals surface area contributed by atoms with Crippen LogP contribution in [0.4, 0.5) is 11.4 Å². The maximum atomic E-state index is 12.4. The fourth-order valence-electron chi connectivity index (χ4n) is 4.76. The number of hydrogen-bond acceptors (Lipinski definition) is 6. The number of fused-ring (bicyclic) bond motifs is 2. The zero-order valence-electron chi connectivity index (χ0n) is 18.7. The number of carboxylic acid groups (broad SMARTS) is 1. The minimum absolute atomic E-state index is 0.101. The van der Waals surface area contributed by atoms with E-state index in [1.165, 1.54) is 0 Å². The molecule has 172 valence electrons. The molecular weight excluding hydrogens is 422 g/mol. The number of likely N-dealkylation sites (N-methyl/N-ethyl adjacent to an activating group) is 1. The van der Waals surface area contributed by atoms with Crippen molar-refractivity contribution in [1.82, 2.24) is 14.3 Å². The largest absolute Gasteiger partial charge is 0.481 e. The molecule has 2 atom stereocenters. The van der Waals surface area contributed by atoms with Gasteiger partial charge in [-0.25, -0.2) is 4.98 Å². The van der Waals surface area contributed by atoms with Gasteiger partial charge in [0.25, 0.3) is 5.91 Å². The Labute approximate surface area is 191 Å². The Kier molecular flexibility index (Phi) is 5.20. The zero-order valence-corrected chi connectivity index (χ0v) is 18.7. The van der Waals surface area contributed by atoms with Crippen molar-refractivity contribution in [3.05, 3.63) is 42.2 Å². The average Bonchev–Trinajstić information content (AvgIpc) is 3.15. The molecule has 3 N–H and O–H groups in total. The smallest absolute Gasteiger partial charge is 0.307 e. The summed E-state index contributed by atoms with van der Waals surface area (Å²) in [6.07, 6.45) is 2.86. The molecule has 1 amide bonds. The first kappa shape index (κ1) is 21.3. The predicted octanol–water partition coefficient (Wildman–Crippen LogP) is 2.62. The Morgan fingerprint density at radius 1 is 1.30 bits per heavy atom. The fourth-order valence-corrected chi connectivity index (χ4v) is 4.76. The zero-order chi connectivity index (χ0) is 23.3. The summed E-state index contributed by atoms with van der Waals surface area (Å²) in [6, 6.07) is 9.42. The third kappa shape index (κ3) is 3.78. The number of benzene rings is 1. The number of pyridine rings is 1. The van der Waals surface area contributed by atoms with Gasteiger partial charge in [-0.3, -0.25) is 14.5 Å². The maximum absolute atomic E-state index is 12.4. The van der Waals surface area contributed by atoms with Gasteiger partial charge in [-0.1, -0.05) is 0 Å². The molecular formula is C24H27N5O4. The summed E-state index contributed by atoms with van der Waals surface area (Å²) >= 11 is 0. The lowest BCUT2D eigenvalue weighted by molar-refractivity contribution is -0.143. The van der Waals surface area contributed by atoms with E-state index in [9.17, 15) is 14.7 Å². The number of likely N-dealkylation sites (tertiary alicyclic amines) is 1. The van der Waals surface area contributed by atoms with E-state index in [1.807, 2.05) is 40.9 Å². The van der Waals surface area contributed by atoms with Crippen molar-refractivity contribution in [3.63, 3.8) is 0 Å². The molecule has 9 heteroatoms. The van der Waals surface area contributed by atoms with Crippen molar-refractivity contribution < 1.29 is 19.4 Å². The molecule has 1 saturated heterocycles. The van der Waals surface area contributed by atoms with Gasteiger partial charge in [-0.2, -0.15) is 0 Å². The third-order valence-corrected chi connectivity index (χ3v) is 6.54. The minimum Gasteiger partial charge on any atom is -0.481 e. The number of rotatable bonds is 4. The predicted molar refractivity (Wildman–Crippen MR) is 124 cm³/mol. The van der Waals surface area contributed by atoms with Crippen molar-refractivity contribution in [2.45, 2.75) is 32.4 Å². The van der Waals surface area contributed by atoms with Crippen LogP contribution in [0.3, 0.4) is 0 Å². The van der Waals surface area contributed by atoms with Gasteiger partial charge in [-0.05, 0) is 56.6 Å². The molecule has 3 aromatic rings. The van der Waals surface area contributed by atoms with Crippen LogP contribution in [0.5, 0.6) is 5.75 Å². The number of aromatic nitrogens is 2. The van der Waals surface area contributed by atoms with Crippen LogP contribution in [0, 0.1) is 5.92 Å². The first-order valence-electron chi connectivity index (χ1n) is 11.1. The number of nitrogen functional groups attached to an aromatic ring is 1. The number of amides is 1. The second kappa shape index (κ2) is 8.08. The molecule has 0 bridgehead atoms. The molecule has 2 aliphatic heterocycles. The number of nitrogens with two attached hydrogens (primary N) is 1. The molecule has 1 aromatic carbocycles. The van der Waals surface area contributed by atoms with Gasteiger partial charge in [0, 0.05) is 37.6 Å². The number of hydrogen-bond donors (Lipinski definition) is 2. The summed E-state index contributed by atoms with van der Waals surface area (Å²) in [5.74, 6) is -0.563. The molecule has 5 rings (SSSR count). The number of anilines is 2. The van der Waals surface area contributed by atoms with Crippen LogP contribution >= 0.6 is 0 Å². The SMILES string of the molecule is CC1Oc2ccc(-c3nc4ccc(N)cn4c3CN3CCCC(C(=O)O)C3)cc2N(C)C1=O. The van der Waals surface area contributed by atoms with Gasteiger partial charge >= 0.3 is 5.97 Å². The molecule has 0 radical (unpaired) electrons. The number of aliphatic carboxylic acids is 1. The lowest BCUT2D eigenvalue weighted by atomic mass is 9.98. The van der Waals surface area contributed by atoms with E-state index >= 15 is 0 Å². The van der Waals surface area contributed by atoms with Gasteiger partial charge in [0.2, 0.25) is 0 Å². The van der Waals surface area contributed by atoms with E-state index in [4.69, 9.17) is 15.5 Å². The van der Waals surface area contributed by atoms with Crippen LogP contribution in [0.25, 0.3) is 16.9 Å². The molecule has 0 saturated carbocycles. The average molecular weight is 450 g/mol. The highest BCUT2D eigenvalue weighted by Gasteiger charge is 2.30. The normalized spacial score (nSPS) is 21.2. The highest BCUT2D eigenvalue weighted by Crippen LogP contribution is 2.38. The summed E-state index contributed by atoms with van der Waals surface area (Å²) in [7, 11) is 1.75. The quantitative estimate of drug-likeness (QED) is 0.629. The summed E-state index contributed by atoms with van der Waals surface area (Å²) < 4.78 is 7.74. The van der Waals surface area contributed by atoms with E-state index in [0.29, 0.717) is 36.6 Å². The lowest BCUT2D eigenvalue weighted by Crippen LogP contribution is -2.41. The van der Waals surface area contributed by atoms with Crippen molar-refractivity contribution in [1.29, 1.82) is 0 Å². The first-order chi connectivity index (χ1) is 15.8. The van der Waals surface area contributed by atoms with Crippen molar-refractivity contribution in [2.75, 3.05) is 30.8 Å². The number of carbonyl (C=O) groups excluding carboxylic acids is 1. The molecule has 0 spiro atoms. The van der Waals surface area contributed by atoms with E-state index in [-0.39, 0.29) is 11.8 Å². The molecule has 0 aliphatic carbocycles. The Morgan fingerprint density at radius 3 is 2.91 bits per heavy atom. The number of piperidine rings is 1. The molecule has 2 aromatic heterocycles. The number of carbonyl (C=O) groups is 2. The maximum Gasteiger partial charge on any atom is 0.307 e. The van der Waals surface area contributed by atoms with Crippen molar-refractivity contribution in [2.24, 2.45) is 5.92 Å². The van der Waals surface area contributed by atoms with E-state index in [1.54, 1.807) is 18.9 Å². The lowest BCUT2D eigenvalue weighted by Gasteiger charge is -2.31. The topological polar surface area (TPSA) is 113 Å². The van der Waals surface area contributed by atoms with E-state index in [2.05, 4.69) is 4.90 Å². The van der Waals surface area contributed by atoms with Crippen molar-refractivity contribution >= 4 is 28.9 Å². The summed E-state index contributed by atoms with van der Waals surface area (Å²) in [4.78, 5) is 32.7. The van der Waals surface area contributed by atoms with Crippen LogP contribution in [0.1, 0.15) is 25.5 Å². The molecule has 4 heterocycles. The van der Waals surface area contributed by atoms with Crippen LogP contribution in [0.15, 0.2) is 36.5 Å². The Hall–Kier alpha value is -3.59. The standard InChI is InChI=1S/C24H27N5O4/c1-14-23(30)27(2)18-10-15(5-7-20(18)33-14)22-19(29-12-17(25)6-8-21(29)26-22)13-28-9-3-4-16(11-28)24(31)32/h5-8,10,12,14,16H,3-4,9,11,13,25H2,1-2H3,(H,31,32). The van der Waals surface area contributed by atoms with Gasteiger partial charge < -0.3 is 24.9 Å². The van der Waals surface area contributed by atoms with Crippen LogP contribution in [0.2, 0.25) is 0 Å². The third-order valence-electron chi connectivity index (χ3n) is 6.54. The highest BCUT2D eigenvalue weighted by atomic mass is 16.5. The van der Waals surface area contributed by atoms with Crippen molar-refractivity contribution in [3.8, 4) is 17.0 Å². The Balaban J connectivity index is 1.58. The fraction of sp³-hybridized carbons (Fsp3) is 0.375. The molecule has 2 aliphatic rings. The monoisotopic (exact) mass is 449 g/mol. The summed E-state index contributed by atoms with van der Waals surface area (Å²) in [6.45, 7) is 3.61. The summed E-state index contributed by atoms with van der Waals surface area (Å²) in [5, 5.41) is 9.50. The molecule has 2 unspecified atom stereocenters. The molecule has 1 fully saturated rings. The van der Waals surface area contributed by atoms with Gasteiger partial charge in [0.15, 0.2) is 6.10 Å². The summed E-state index contributed by atoms with van der Waals surface area (Å²) in [5.41, 5.74) is 10.7. The highest BCUT2D eigenvalue weighted by molar-refractivity contribution is 6.00. The van der Waals surface area contributed by atoms with E-state index in [0.717, 1.165) is 35.6 Å². The Morgan fingerprint density at radius 2 is 2.12 bits per heavy atom. The number of nitrogens with zero attached hydrogens (tertiary/aromatic N) is 4. The second-order valence-electron chi connectivity index (χ2n) is 8.85. The molecule has 33 heavy (non-hydrogen) atoms.